The Balaban J connectivity index is 1.98. The number of nitrogens with one attached hydrogen (secondary N) is 1. The zero-order valence-corrected chi connectivity index (χ0v) is 13.2. The van der Waals surface area contributed by atoms with Crippen molar-refractivity contribution >= 4 is 22.4 Å². The van der Waals surface area contributed by atoms with E-state index >= 15 is 0 Å². The number of rotatable bonds is 3. The maximum Gasteiger partial charge on any atom is 0.191 e. The molecule has 0 unspecified atom stereocenters. The summed E-state index contributed by atoms with van der Waals surface area (Å²) in [6, 6.07) is 19.0. The summed E-state index contributed by atoms with van der Waals surface area (Å²) in [7, 11) is 0. The number of nitrogens with zero attached hydrogens (tertiary/aromatic N) is 2. The quantitative estimate of drug-likeness (QED) is 0.610. The van der Waals surface area contributed by atoms with Gasteiger partial charge in [0.2, 0.25) is 0 Å². The number of hydrogen-bond donors (Lipinski definition) is 1. The lowest BCUT2D eigenvalue weighted by Gasteiger charge is -2.18. The molecule has 1 N–H and O–H groups in total. The molecule has 0 aliphatic rings. The van der Waals surface area contributed by atoms with Crippen molar-refractivity contribution in [2.75, 3.05) is 5.32 Å². The Labute approximate surface area is 143 Å². The van der Waals surface area contributed by atoms with Crippen LogP contribution in [0.3, 0.4) is 0 Å². The highest BCUT2D eigenvalue weighted by Gasteiger charge is 2.11. The zero-order chi connectivity index (χ0) is 17.2. The highest BCUT2D eigenvalue weighted by atomic mass is 19.1. The van der Waals surface area contributed by atoms with Gasteiger partial charge >= 0.3 is 0 Å². The Hall–Kier alpha value is -3.47. The molecule has 0 fully saturated rings. The first-order chi connectivity index (χ1) is 12.2. The topological polar surface area (TPSA) is 46.9 Å². The van der Waals surface area contributed by atoms with E-state index in [4.69, 9.17) is 0 Å². The molecule has 5 heteroatoms. The number of hydrogen-bond acceptors (Lipinski definition) is 3. The minimum atomic E-state index is -0.346. The molecule has 2 aromatic heterocycles. The van der Waals surface area contributed by atoms with E-state index in [9.17, 15) is 9.18 Å². The van der Waals surface area contributed by atoms with Gasteiger partial charge < -0.3 is 5.32 Å². The minimum Gasteiger partial charge on any atom is -0.341 e. The number of pyridine rings is 2. The van der Waals surface area contributed by atoms with Crippen LogP contribution >= 0.6 is 0 Å². The number of halogens is 1. The second-order valence-corrected chi connectivity index (χ2v) is 5.59. The van der Waals surface area contributed by atoms with Gasteiger partial charge in [0.25, 0.3) is 0 Å². The summed E-state index contributed by atoms with van der Waals surface area (Å²) < 4.78 is 15.4. The van der Waals surface area contributed by atoms with Crippen LogP contribution < -0.4 is 10.7 Å². The van der Waals surface area contributed by atoms with E-state index in [1.807, 2.05) is 34.9 Å². The Kier molecular flexibility index (Phi) is 3.74. The largest absolute Gasteiger partial charge is 0.341 e. The lowest BCUT2D eigenvalue weighted by Crippen LogP contribution is -2.12. The Morgan fingerprint density at radius 1 is 0.960 bits per heavy atom. The molecule has 0 aliphatic carbocycles. The second-order valence-electron chi connectivity index (χ2n) is 5.59. The zero-order valence-electron chi connectivity index (χ0n) is 13.2. The van der Waals surface area contributed by atoms with Crippen LogP contribution in [0.1, 0.15) is 0 Å². The number of para-hydroxylation sites is 1. The summed E-state index contributed by atoms with van der Waals surface area (Å²) >= 11 is 0. The highest BCUT2D eigenvalue weighted by Crippen LogP contribution is 2.24. The summed E-state index contributed by atoms with van der Waals surface area (Å²) in [6.07, 6.45) is 3.25. The van der Waals surface area contributed by atoms with Gasteiger partial charge in [0, 0.05) is 29.0 Å². The smallest absolute Gasteiger partial charge is 0.191 e. The summed E-state index contributed by atoms with van der Waals surface area (Å²) in [5.41, 5.74) is 2.00. The predicted octanol–water partition coefficient (Wildman–Crippen LogP) is 4.27. The Bertz CT molecular complexity index is 1110. The molecule has 4 nitrogen and oxygen atoms in total. The average molecular weight is 331 g/mol. The van der Waals surface area contributed by atoms with E-state index in [-0.39, 0.29) is 11.2 Å². The Morgan fingerprint density at radius 3 is 2.60 bits per heavy atom. The van der Waals surface area contributed by atoms with E-state index in [2.05, 4.69) is 10.3 Å². The van der Waals surface area contributed by atoms with Crippen LogP contribution in [0.2, 0.25) is 0 Å². The van der Waals surface area contributed by atoms with Crippen molar-refractivity contribution < 1.29 is 4.39 Å². The molecule has 0 bridgehead atoms. The van der Waals surface area contributed by atoms with Crippen LogP contribution in [0.5, 0.6) is 0 Å². The lowest BCUT2D eigenvalue weighted by molar-refractivity contribution is 0.628. The third kappa shape index (κ3) is 2.87. The molecule has 4 aromatic rings. The van der Waals surface area contributed by atoms with Crippen LogP contribution in [-0.4, -0.2) is 9.55 Å². The molecule has 2 aromatic carbocycles. The van der Waals surface area contributed by atoms with Crippen LogP contribution in [0, 0.1) is 5.82 Å². The van der Waals surface area contributed by atoms with Gasteiger partial charge in [0.05, 0.1) is 11.7 Å². The normalized spacial score (nSPS) is 10.8. The van der Waals surface area contributed by atoms with Gasteiger partial charge in [-0.1, -0.05) is 24.3 Å². The van der Waals surface area contributed by atoms with E-state index in [0.717, 1.165) is 5.69 Å². The maximum atomic E-state index is 13.5. The third-order valence-corrected chi connectivity index (χ3v) is 3.93. The SMILES string of the molecule is O=c1cc(Nc2cccc(F)c2)n(-c2ccccc2)c2cnccc12. The maximum absolute atomic E-state index is 13.5. The number of anilines is 2. The highest BCUT2D eigenvalue weighted by molar-refractivity contribution is 5.83. The summed E-state index contributed by atoms with van der Waals surface area (Å²) in [6.45, 7) is 0. The molecule has 0 amide bonds. The van der Waals surface area contributed by atoms with Gasteiger partial charge in [0.1, 0.15) is 11.6 Å². The van der Waals surface area contributed by atoms with Gasteiger partial charge in [-0.05, 0) is 36.4 Å². The summed E-state index contributed by atoms with van der Waals surface area (Å²) in [4.78, 5) is 16.6. The molecule has 2 heterocycles. The molecule has 4 rings (SSSR count). The first kappa shape index (κ1) is 15.1. The van der Waals surface area contributed by atoms with E-state index < -0.39 is 0 Å². The van der Waals surface area contributed by atoms with Crippen LogP contribution in [0.25, 0.3) is 16.6 Å². The van der Waals surface area contributed by atoms with Crippen LogP contribution in [-0.2, 0) is 0 Å². The monoisotopic (exact) mass is 331 g/mol. The van der Waals surface area contributed by atoms with Crippen molar-refractivity contribution in [2.24, 2.45) is 0 Å². The van der Waals surface area contributed by atoms with E-state index in [1.54, 1.807) is 30.6 Å². The van der Waals surface area contributed by atoms with Gasteiger partial charge in [0.15, 0.2) is 5.43 Å². The first-order valence-corrected chi connectivity index (χ1v) is 7.80. The van der Waals surface area contributed by atoms with Crippen LogP contribution in [0.15, 0.2) is 83.9 Å². The fourth-order valence-corrected chi connectivity index (χ4v) is 2.83. The molecule has 25 heavy (non-hydrogen) atoms. The molecule has 0 radical (unpaired) electrons. The fraction of sp³-hybridized carbons (Fsp3) is 0. The molecular weight excluding hydrogens is 317 g/mol. The van der Waals surface area contributed by atoms with Crippen molar-refractivity contribution in [3.63, 3.8) is 0 Å². The molecular formula is C20H14FN3O. The summed E-state index contributed by atoms with van der Waals surface area (Å²) in [5, 5.41) is 3.71. The third-order valence-electron chi connectivity index (χ3n) is 3.93. The lowest BCUT2D eigenvalue weighted by atomic mass is 10.2. The molecule has 0 saturated heterocycles. The second kappa shape index (κ2) is 6.20. The average Bonchev–Trinajstić information content (AvgIpc) is 2.63. The predicted molar refractivity (Wildman–Crippen MR) is 97.0 cm³/mol. The number of aromatic nitrogens is 2. The van der Waals surface area contributed by atoms with Crippen molar-refractivity contribution in [3.8, 4) is 5.69 Å². The van der Waals surface area contributed by atoms with Crippen molar-refractivity contribution in [3.05, 3.63) is 95.2 Å². The van der Waals surface area contributed by atoms with Crippen molar-refractivity contribution in [2.45, 2.75) is 0 Å². The van der Waals surface area contributed by atoms with Gasteiger partial charge in [-0.15, -0.1) is 0 Å². The number of fused-ring (bicyclic) bond motifs is 1. The molecule has 122 valence electrons. The van der Waals surface area contributed by atoms with Gasteiger partial charge in [-0.2, -0.15) is 0 Å². The number of benzene rings is 2. The first-order valence-electron chi connectivity index (χ1n) is 7.80. The van der Waals surface area contributed by atoms with Gasteiger partial charge in [-0.25, -0.2) is 4.39 Å². The van der Waals surface area contributed by atoms with Gasteiger partial charge in [-0.3, -0.25) is 14.3 Å². The molecule has 0 saturated carbocycles. The fourth-order valence-electron chi connectivity index (χ4n) is 2.83. The van der Waals surface area contributed by atoms with Crippen molar-refractivity contribution in [1.29, 1.82) is 0 Å². The summed E-state index contributed by atoms with van der Waals surface area (Å²) in [5.74, 6) is 0.198. The van der Waals surface area contributed by atoms with Crippen molar-refractivity contribution in [1.82, 2.24) is 9.55 Å². The molecule has 0 atom stereocenters. The van der Waals surface area contributed by atoms with E-state index in [0.29, 0.717) is 22.4 Å². The molecule has 0 spiro atoms. The minimum absolute atomic E-state index is 0.122. The standard InChI is InChI=1S/C20H14FN3O/c21-14-5-4-6-15(11-14)23-20-12-19(25)17-9-10-22-13-18(17)24(20)16-7-2-1-3-8-16/h1-13,23H. The molecule has 0 aliphatic heterocycles. The van der Waals surface area contributed by atoms with Crippen LogP contribution in [0.4, 0.5) is 15.9 Å². The van der Waals surface area contributed by atoms with E-state index in [1.165, 1.54) is 18.2 Å². The Morgan fingerprint density at radius 2 is 1.80 bits per heavy atom.